The molecule has 2 aromatic carbocycles. The zero-order valence-electron chi connectivity index (χ0n) is 14.1. The van der Waals surface area contributed by atoms with Crippen LogP contribution < -0.4 is 16.0 Å². The molecule has 1 amide bonds. The van der Waals surface area contributed by atoms with Crippen LogP contribution in [0.3, 0.4) is 0 Å². The van der Waals surface area contributed by atoms with Crippen molar-refractivity contribution < 1.29 is 4.79 Å². The molecule has 126 valence electrons. The fourth-order valence-corrected chi connectivity index (χ4v) is 3.76. The number of rotatable bonds is 4. The monoisotopic (exact) mass is 341 g/mol. The lowest BCUT2D eigenvalue weighted by Crippen LogP contribution is -2.44. The second-order valence-corrected chi connectivity index (χ2v) is 6.86. The van der Waals surface area contributed by atoms with Gasteiger partial charge >= 0.3 is 0 Å². The normalized spacial score (nSPS) is 14.8. The predicted octanol–water partition coefficient (Wildman–Crippen LogP) is 3.77. The zero-order valence-corrected chi connectivity index (χ0v) is 14.9. The van der Waals surface area contributed by atoms with Crippen molar-refractivity contribution in [2.24, 2.45) is 0 Å². The minimum Gasteiger partial charge on any atom is -0.398 e. The number of nitrogens with zero attached hydrogens (tertiary/aromatic N) is 1. The van der Waals surface area contributed by atoms with E-state index in [1.807, 2.05) is 49.6 Å². The number of anilines is 3. The summed E-state index contributed by atoms with van der Waals surface area (Å²) in [7, 11) is 0. The number of hydrogen-bond donors (Lipinski definition) is 2. The van der Waals surface area contributed by atoms with Gasteiger partial charge in [-0.25, -0.2) is 0 Å². The second-order valence-electron chi connectivity index (χ2n) is 6.01. The molecule has 1 heterocycles. The van der Waals surface area contributed by atoms with E-state index in [-0.39, 0.29) is 11.9 Å². The summed E-state index contributed by atoms with van der Waals surface area (Å²) in [4.78, 5) is 16.0. The molecule has 0 bridgehead atoms. The highest BCUT2D eigenvalue weighted by atomic mass is 32.2. The summed E-state index contributed by atoms with van der Waals surface area (Å²) in [6.45, 7) is 2.82. The molecule has 0 saturated carbocycles. The zero-order chi connectivity index (χ0) is 17.1. The van der Waals surface area contributed by atoms with Gasteiger partial charge in [0.1, 0.15) is 6.04 Å². The molecule has 2 aromatic rings. The lowest BCUT2D eigenvalue weighted by atomic mass is 9.98. The van der Waals surface area contributed by atoms with E-state index < -0.39 is 0 Å². The predicted molar refractivity (Wildman–Crippen MR) is 103 cm³/mol. The summed E-state index contributed by atoms with van der Waals surface area (Å²) in [5.74, 6) is 0.00627. The Hall–Kier alpha value is -2.14. The van der Waals surface area contributed by atoms with E-state index in [0.717, 1.165) is 46.9 Å². The molecule has 0 saturated heterocycles. The van der Waals surface area contributed by atoms with Gasteiger partial charge in [-0.3, -0.25) is 4.79 Å². The highest BCUT2D eigenvalue weighted by Crippen LogP contribution is 2.33. The third-order valence-electron chi connectivity index (χ3n) is 4.53. The van der Waals surface area contributed by atoms with Crippen LogP contribution in [0.5, 0.6) is 0 Å². The minimum atomic E-state index is -0.249. The first kappa shape index (κ1) is 16.7. The number of carbonyl (C=O) groups is 1. The molecule has 1 aliphatic rings. The maximum Gasteiger partial charge on any atom is 0.246 e. The molecular weight excluding hydrogens is 318 g/mol. The van der Waals surface area contributed by atoms with Gasteiger partial charge in [0, 0.05) is 22.8 Å². The number of para-hydroxylation sites is 1. The van der Waals surface area contributed by atoms with Gasteiger partial charge in [0.15, 0.2) is 0 Å². The van der Waals surface area contributed by atoms with E-state index in [0.29, 0.717) is 0 Å². The molecule has 3 rings (SSSR count). The number of fused-ring (bicyclic) bond motifs is 1. The molecule has 24 heavy (non-hydrogen) atoms. The Kier molecular flexibility index (Phi) is 5.00. The van der Waals surface area contributed by atoms with Crippen LogP contribution in [-0.2, 0) is 11.2 Å². The van der Waals surface area contributed by atoms with E-state index in [1.54, 1.807) is 11.8 Å². The summed E-state index contributed by atoms with van der Waals surface area (Å²) >= 11 is 1.63. The number of nitrogens with two attached hydrogens (primary N) is 1. The van der Waals surface area contributed by atoms with Crippen molar-refractivity contribution >= 4 is 34.7 Å². The number of nitrogen functional groups attached to an aromatic ring is 1. The van der Waals surface area contributed by atoms with Gasteiger partial charge in [0.2, 0.25) is 5.91 Å². The number of thioether (sulfide) groups is 1. The maximum atomic E-state index is 12.8. The number of amides is 1. The smallest absolute Gasteiger partial charge is 0.246 e. The Morgan fingerprint density at radius 2 is 2.04 bits per heavy atom. The molecule has 0 spiro atoms. The van der Waals surface area contributed by atoms with Gasteiger partial charge in [-0.05, 0) is 55.9 Å². The summed E-state index contributed by atoms with van der Waals surface area (Å²) in [5.41, 5.74) is 10.0. The Balaban J connectivity index is 1.81. The summed E-state index contributed by atoms with van der Waals surface area (Å²) < 4.78 is 0. The van der Waals surface area contributed by atoms with Gasteiger partial charge in [-0.1, -0.05) is 18.2 Å². The molecule has 3 N–H and O–H groups in total. The largest absolute Gasteiger partial charge is 0.398 e. The van der Waals surface area contributed by atoms with E-state index in [4.69, 9.17) is 5.73 Å². The first-order valence-electron chi connectivity index (χ1n) is 8.19. The van der Waals surface area contributed by atoms with Crippen molar-refractivity contribution in [2.45, 2.75) is 30.7 Å². The van der Waals surface area contributed by atoms with Crippen molar-refractivity contribution in [3.63, 3.8) is 0 Å². The average Bonchev–Trinajstić information content (AvgIpc) is 2.61. The summed E-state index contributed by atoms with van der Waals surface area (Å²) in [6, 6.07) is 13.6. The van der Waals surface area contributed by atoms with Crippen LogP contribution in [0.15, 0.2) is 47.4 Å². The molecule has 1 unspecified atom stereocenters. The fourth-order valence-electron chi connectivity index (χ4n) is 3.21. The van der Waals surface area contributed by atoms with Crippen molar-refractivity contribution in [2.75, 3.05) is 28.8 Å². The second kappa shape index (κ2) is 7.18. The lowest BCUT2D eigenvalue weighted by Gasteiger charge is -2.36. The van der Waals surface area contributed by atoms with Gasteiger partial charge < -0.3 is 16.0 Å². The lowest BCUT2D eigenvalue weighted by molar-refractivity contribution is -0.117. The van der Waals surface area contributed by atoms with Crippen LogP contribution in [-0.4, -0.2) is 24.7 Å². The van der Waals surface area contributed by atoms with Crippen molar-refractivity contribution in [3.8, 4) is 0 Å². The minimum absolute atomic E-state index is 0.00627. The van der Waals surface area contributed by atoms with E-state index in [9.17, 15) is 4.79 Å². The Labute approximate surface area is 147 Å². The highest BCUT2D eigenvalue weighted by molar-refractivity contribution is 7.98. The average molecular weight is 341 g/mol. The first-order valence-corrected chi connectivity index (χ1v) is 9.42. The van der Waals surface area contributed by atoms with Crippen molar-refractivity contribution in [1.29, 1.82) is 0 Å². The molecule has 0 fully saturated rings. The first-order chi connectivity index (χ1) is 11.6. The van der Waals surface area contributed by atoms with Crippen molar-refractivity contribution in [3.05, 3.63) is 48.0 Å². The highest BCUT2D eigenvalue weighted by Gasteiger charge is 2.27. The van der Waals surface area contributed by atoms with E-state index in [2.05, 4.69) is 16.3 Å². The quantitative estimate of drug-likeness (QED) is 0.656. The summed E-state index contributed by atoms with van der Waals surface area (Å²) in [5, 5.41) is 3.07. The van der Waals surface area contributed by atoms with Gasteiger partial charge in [-0.15, -0.1) is 11.8 Å². The van der Waals surface area contributed by atoms with Gasteiger partial charge in [0.25, 0.3) is 0 Å². The topological polar surface area (TPSA) is 58.4 Å². The van der Waals surface area contributed by atoms with Crippen LogP contribution >= 0.6 is 11.8 Å². The molecule has 1 aliphatic heterocycles. The van der Waals surface area contributed by atoms with E-state index in [1.165, 1.54) is 0 Å². The third kappa shape index (κ3) is 3.22. The van der Waals surface area contributed by atoms with E-state index >= 15 is 0 Å². The standard InChI is InChI=1S/C19H23N3OS/c1-13(19(23)21-16-9-3-4-11-18(16)24-2)22-12-6-7-14-15(20)8-5-10-17(14)22/h3-5,8-11,13H,6-7,12,20H2,1-2H3,(H,21,23). The molecule has 0 radical (unpaired) electrons. The van der Waals surface area contributed by atoms with Crippen LogP contribution in [0.25, 0.3) is 0 Å². The van der Waals surface area contributed by atoms with Crippen LogP contribution in [0.2, 0.25) is 0 Å². The molecule has 0 aliphatic carbocycles. The number of benzene rings is 2. The Bertz CT molecular complexity index is 747. The maximum absolute atomic E-state index is 12.8. The molecule has 5 heteroatoms. The molecule has 0 aromatic heterocycles. The molecule has 4 nitrogen and oxygen atoms in total. The van der Waals surface area contributed by atoms with Gasteiger partial charge in [0.05, 0.1) is 5.69 Å². The van der Waals surface area contributed by atoms with Crippen LogP contribution in [0.4, 0.5) is 17.1 Å². The molecular formula is C19H23N3OS. The Morgan fingerprint density at radius 1 is 1.25 bits per heavy atom. The van der Waals surface area contributed by atoms with Gasteiger partial charge in [-0.2, -0.15) is 0 Å². The number of hydrogen-bond acceptors (Lipinski definition) is 4. The Morgan fingerprint density at radius 3 is 2.83 bits per heavy atom. The van der Waals surface area contributed by atoms with Crippen LogP contribution in [0, 0.1) is 0 Å². The van der Waals surface area contributed by atoms with Crippen LogP contribution in [0.1, 0.15) is 18.9 Å². The SMILES string of the molecule is CSc1ccccc1NC(=O)C(C)N1CCCc2c(N)cccc21. The number of nitrogens with one attached hydrogen (secondary N) is 1. The molecule has 1 atom stereocenters. The summed E-state index contributed by atoms with van der Waals surface area (Å²) in [6.07, 6.45) is 4.00. The third-order valence-corrected chi connectivity index (χ3v) is 5.33. The fraction of sp³-hybridized carbons (Fsp3) is 0.316. The number of carbonyl (C=O) groups excluding carboxylic acids is 1. The van der Waals surface area contributed by atoms with Crippen molar-refractivity contribution in [1.82, 2.24) is 0 Å².